The Hall–Kier alpha value is -1.56. The maximum Gasteiger partial charge on any atom is 0.191 e. The Labute approximate surface area is 159 Å². The summed E-state index contributed by atoms with van der Waals surface area (Å²) < 4.78 is 1.97. The maximum atomic E-state index is 4.52. The minimum atomic E-state index is 0.314. The number of aryl methyl sites for hydroxylation is 2. The van der Waals surface area contributed by atoms with Crippen LogP contribution in [0.1, 0.15) is 50.1 Å². The number of nitrogens with one attached hydrogen (secondary N) is 2. The average molecular weight is 363 g/mol. The van der Waals surface area contributed by atoms with E-state index in [0.29, 0.717) is 6.04 Å². The average Bonchev–Trinajstić information content (AvgIpc) is 2.86. The van der Waals surface area contributed by atoms with Gasteiger partial charge in [-0.2, -0.15) is 5.10 Å². The van der Waals surface area contributed by atoms with Crippen LogP contribution in [0.3, 0.4) is 0 Å². The molecule has 1 aromatic heterocycles. The third-order valence-electron chi connectivity index (χ3n) is 5.58. The fourth-order valence-corrected chi connectivity index (χ4v) is 3.87. The Morgan fingerprint density at radius 1 is 1.31 bits per heavy atom. The number of likely N-dealkylation sites (tertiary alicyclic amines) is 1. The van der Waals surface area contributed by atoms with Gasteiger partial charge >= 0.3 is 0 Å². The summed E-state index contributed by atoms with van der Waals surface area (Å²) in [5.41, 5.74) is 3.71. The quantitative estimate of drug-likeness (QED) is 0.577. The zero-order chi connectivity index (χ0) is 19.1. The highest BCUT2D eigenvalue weighted by Gasteiger charge is 2.19. The molecule has 148 valence electrons. The molecule has 6 heteroatoms. The predicted molar refractivity (Wildman–Crippen MR) is 110 cm³/mol. The highest BCUT2D eigenvalue weighted by molar-refractivity contribution is 5.79. The fraction of sp³-hybridized carbons (Fsp3) is 0.800. The summed E-state index contributed by atoms with van der Waals surface area (Å²) >= 11 is 0. The monoisotopic (exact) mass is 362 g/mol. The second kappa shape index (κ2) is 9.95. The molecule has 2 rings (SSSR count). The van der Waals surface area contributed by atoms with Gasteiger partial charge in [0.05, 0.1) is 5.69 Å². The minimum Gasteiger partial charge on any atom is -0.356 e. The van der Waals surface area contributed by atoms with Crippen molar-refractivity contribution in [2.75, 3.05) is 33.2 Å². The molecule has 1 aliphatic rings. The third-order valence-corrected chi connectivity index (χ3v) is 5.58. The first-order chi connectivity index (χ1) is 12.4. The summed E-state index contributed by atoms with van der Waals surface area (Å²) in [5, 5.41) is 11.6. The second-order valence-corrected chi connectivity index (χ2v) is 7.76. The number of aromatic nitrogens is 2. The molecule has 26 heavy (non-hydrogen) atoms. The number of rotatable bonds is 7. The molecule has 1 aromatic rings. The molecular formula is C20H38N6. The number of hydrogen-bond donors (Lipinski definition) is 2. The lowest BCUT2D eigenvalue weighted by atomic mass is 9.97. The first-order valence-corrected chi connectivity index (χ1v) is 10.1. The van der Waals surface area contributed by atoms with Crippen LogP contribution < -0.4 is 10.6 Å². The van der Waals surface area contributed by atoms with E-state index in [2.05, 4.69) is 53.3 Å². The Balaban J connectivity index is 1.77. The summed E-state index contributed by atoms with van der Waals surface area (Å²) in [5.74, 6) is 1.66. The first-order valence-electron chi connectivity index (χ1n) is 10.1. The van der Waals surface area contributed by atoms with Crippen LogP contribution in [0.5, 0.6) is 0 Å². The molecular weight excluding hydrogens is 324 g/mol. The number of hydrogen-bond acceptors (Lipinski definition) is 3. The van der Waals surface area contributed by atoms with E-state index in [4.69, 9.17) is 0 Å². The molecule has 0 spiro atoms. The SMILES string of the molecule is CCCN1CCC(CNC(=NC)NC(C)Cc2c(C)nn(C)c2C)CC1. The van der Waals surface area contributed by atoms with E-state index in [-0.39, 0.29) is 0 Å². The van der Waals surface area contributed by atoms with Crippen LogP contribution in [0.2, 0.25) is 0 Å². The topological polar surface area (TPSA) is 57.5 Å². The molecule has 1 fully saturated rings. The predicted octanol–water partition coefficient (Wildman–Crippen LogP) is 2.25. The molecule has 1 saturated heterocycles. The van der Waals surface area contributed by atoms with Crippen molar-refractivity contribution in [3.8, 4) is 0 Å². The molecule has 1 atom stereocenters. The highest BCUT2D eigenvalue weighted by Crippen LogP contribution is 2.16. The van der Waals surface area contributed by atoms with Crippen molar-refractivity contribution in [1.29, 1.82) is 0 Å². The molecule has 0 aliphatic carbocycles. The van der Waals surface area contributed by atoms with E-state index in [1.807, 2.05) is 18.8 Å². The molecule has 0 saturated carbocycles. The highest BCUT2D eigenvalue weighted by atomic mass is 15.3. The van der Waals surface area contributed by atoms with Gasteiger partial charge in [0, 0.05) is 32.4 Å². The van der Waals surface area contributed by atoms with Gasteiger partial charge in [-0.15, -0.1) is 0 Å². The molecule has 0 aromatic carbocycles. The fourth-order valence-electron chi connectivity index (χ4n) is 3.87. The number of guanidine groups is 1. The van der Waals surface area contributed by atoms with Gasteiger partial charge in [-0.3, -0.25) is 9.67 Å². The lowest BCUT2D eigenvalue weighted by Crippen LogP contribution is -2.46. The Morgan fingerprint density at radius 3 is 2.54 bits per heavy atom. The van der Waals surface area contributed by atoms with Gasteiger partial charge in [0.2, 0.25) is 0 Å². The molecule has 2 heterocycles. The van der Waals surface area contributed by atoms with E-state index >= 15 is 0 Å². The van der Waals surface area contributed by atoms with Gasteiger partial charge in [0.25, 0.3) is 0 Å². The van der Waals surface area contributed by atoms with Gasteiger partial charge in [-0.1, -0.05) is 6.92 Å². The van der Waals surface area contributed by atoms with Crippen LogP contribution in [-0.2, 0) is 13.5 Å². The Kier molecular flexibility index (Phi) is 7.94. The van der Waals surface area contributed by atoms with E-state index < -0.39 is 0 Å². The number of nitrogens with zero attached hydrogens (tertiary/aromatic N) is 4. The van der Waals surface area contributed by atoms with Gasteiger partial charge in [0.1, 0.15) is 0 Å². The summed E-state index contributed by atoms with van der Waals surface area (Å²) in [4.78, 5) is 7.00. The number of aliphatic imine (C=N–C) groups is 1. The van der Waals surface area contributed by atoms with E-state index in [1.54, 1.807) is 0 Å². The van der Waals surface area contributed by atoms with Gasteiger partial charge in [-0.05, 0) is 77.6 Å². The van der Waals surface area contributed by atoms with E-state index in [9.17, 15) is 0 Å². The van der Waals surface area contributed by atoms with Crippen LogP contribution in [0.25, 0.3) is 0 Å². The Morgan fingerprint density at radius 2 is 2.00 bits per heavy atom. The van der Waals surface area contributed by atoms with E-state index in [0.717, 1.165) is 30.5 Å². The van der Waals surface area contributed by atoms with Crippen molar-refractivity contribution in [3.63, 3.8) is 0 Å². The zero-order valence-corrected chi connectivity index (χ0v) is 17.6. The van der Waals surface area contributed by atoms with Crippen LogP contribution in [0.4, 0.5) is 0 Å². The van der Waals surface area contributed by atoms with Gasteiger partial charge in [0.15, 0.2) is 5.96 Å². The third kappa shape index (κ3) is 5.73. The molecule has 0 amide bonds. The van der Waals surface area contributed by atoms with Crippen LogP contribution in [0, 0.1) is 19.8 Å². The van der Waals surface area contributed by atoms with Crippen molar-refractivity contribution in [3.05, 3.63) is 17.0 Å². The van der Waals surface area contributed by atoms with Crippen molar-refractivity contribution in [1.82, 2.24) is 25.3 Å². The van der Waals surface area contributed by atoms with Crippen molar-refractivity contribution < 1.29 is 0 Å². The molecule has 2 N–H and O–H groups in total. The summed E-state index contributed by atoms with van der Waals surface area (Å²) in [6.07, 6.45) is 4.79. The smallest absolute Gasteiger partial charge is 0.191 e. The molecule has 1 aliphatic heterocycles. The Bertz CT molecular complexity index is 583. The van der Waals surface area contributed by atoms with Crippen LogP contribution >= 0.6 is 0 Å². The number of piperidine rings is 1. The maximum absolute atomic E-state index is 4.52. The lowest BCUT2D eigenvalue weighted by Gasteiger charge is -2.32. The minimum absolute atomic E-state index is 0.314. The summed E-state index contributed by atoms with van der Waals surface area (Å²) in [6.45, 7) is 13.4. The standard InChI is InChI=1S/C20H38N6/c1-7-10-26-11-8-18(9-12-26)14-22-20(21-5)23-15(2)13-19-16(3)24-25(6)17(19)4/h15,18H,7-14H2,1-6H3,(H2,21,22,23). The zero-order valence-electron chi connectivity index (χ0n) is 17.6. The van der Waals surface area contributed by atoms with Gasteiger partial charge < -0.3 is 15.5 Å². The molecule has 0 radical (unpaired) electrons. The normalized spacial score (nSPS) is 18.2. The largest absolute Gasteiger partial charge is 0.356 e. The molecule has 0 bridgehead atoms. The van der Waals surface area contributed by atoms with Crippen LogP contribution in [-0.4, -0.2) is 59.9 Å². The van der Waals surface area contributed by atoms with Crippen molar-refractivity contribution >= 4 is 5.96 Å². The van der Waals surface area contributed by atoms with Crippen molar-refractivity contribution in [2.45, 2.75) is 59.4 Å². The summed E-state index contributed by atoms with van der Waals surface area (Å²) in [6, 6.07) is 0.314. The second-order valence-electron chi connectivity index (χ2n) is 7.76. The summed E-state index contributed by atoms with van der Waals surface area (Å²) in [7, 11) is 3.86. The molecule has 1 unspecified atom stereocenters. The lowest BCUT2D eigenvalue weighted by molar-refractivity contribution is 0.185. The first kappa shape index (κ1) is 20.7. The van der Waals surface area contributed by atoms with Crippen molar-refractivity contribution in [2.24, 2.45) is 18.0 Å². The van der Waals surface area contributed by atoms with Gasteiger partial charge in [-0.25, -0.2) is 0 Å². The molecule has 6 nitrogen and oxygen atoms in total. The van der Waals surface area contributed by atoms with E-state index in [1.165, 1.54) is 50.2 Å². The van der Waals surface area contributed by atoms with Crippen LogP contribution in [0.15, 0.2) is 4.99 Å².